The molecule has 0 aromatic heterocycles. The molecule has 2 aliphatic carbocycles. The molecule has 1 aromatic carbocycles. The van der Waals surface area contributed by atoms with Gasteiger partial charge in [0.1, 0.15) is 11.4 Å². The molecule has 2 nitrogen and oxygen atoms in total. The van der Waals surface area contributed by atoms with Gasteiger partial charge in [-0.2, -0.15) is 0 Å². The van der Waals surface area contributed by atoms with E-state index in [2.05, 4.69) is 36.5 Å². The molecule has 92 valence electrons. The Morgan fingerprint density at radius 3 is 2.53 bits per heavy atom. The number of rotatable bonds is 3. The highest BCUT2D eigenvalue weighted by atomic mass is 16.5. The second kappa shape index (κ2) is 3.94. The molecule has 2 aliphatic rings. The zero-order valence-electron chi connectivity index (χ0n) is 10.7. The molecular weight excluding hydrogens is 210 g/mol. The number of ether oxygens (including phenoxy) is 1. The smallest absolute Gasteiger partial charge is 0.120 e. The van der Waals surface area contributed by atoms with Crippen LogP contribution >= 0.6 is 0 Å². The topological polar surface area (TPSA) is 21.3 Å². The molecule has 0 saturated heterocycles. The van der Waals surface area contributed by atoms with Gasteiger partial charge in [-0.1, -0.05) is 0 Å². The number of hydrogen-bond acceptors (Lipinski definition) is 2. The Balaban J connectivity index is 1.73. The van der Waals surface area contributed by atoms with Crippen molar-refractivity contribution < 1.29 is 4.74 Å². The van der Waals surface area contributed by atoms with Crippen LogP contribution in [0.25, 0.3) is 0 Å². The second-order valence-electron chi connectivity index (χ2n) is 5.77. The van der Waals surface area contributed by atoms with Crippen LogP contribution in [0, 0.1) is 11.8 Å². The third-order valence-corrected chi connectivity index (χ3v) is 4.59. The van der Waals surface area contributed by atoms with Crippen LogP contribution in [0.4, 0.5) is 5.69 Å². The van der Waals surface area contributed by atoms with Gasteiger partial charge in [0.2, 0.25) is 0 Å². The molecule has 1 aromatic rings. The molecule has 0 amide bonds. The van der Waals surface area contributed by atoms with Crippen LogP contribution in [0.15, 0.2) is 24.3 Å². The van der Waals surface area contributed by atoms with Crippen molar-refractivity contribution in [2.45, 2.75) is 38.2 Å². The summed E-state index contributed by atoms with van der Waals surface area (Å²) < 4.78 is 6.27. The summed E-state index contributed by atoms with van der Waals surface area (Å²) in [6.07, 6.45) is 5.40. The van der Waals surface area contributed by atoms with E-state index in [0.29, 0.717) is 0 Å². The first kappa shape index (κ1) is 10.9. The summed E-state index contributed by atoms with van der Waals surface area (Å²) in [6, 6.07) is 8.30. The van der Waals surface area contributed by atoms with Crippen LogP contribution in [0.5, 0.6) is 5.75 Å². The van der Waals surface area contributed by atoms with Gasteiger partial charge in [-0.05, 0) is 68.7 Å². The summed E-state index contributed by atoms with van der Waals surface area (Å²) >= 11 is 0. The minimum Gasteiger partial charge on any atom is -0.487 e. The van der Waals surface area contributed by atoms with Crippen LogP contribution in [-0.2, 0) is 0 Å². The minimum absolute atomic E-state index is 0.0874. The summed E-state index contributed by atoms with van der Waals surface area (Å²) in [5.41, 5.74) is 1.22. The molecule has 2 bridgehead atoms. The van der Waals surface area contributed by atoms with E-state index >= 15 is 0 Å². The molecule has 2 saturated carbocycles. The molecule has 3 rings (SSSR count). The van der Waals surface area contributed by atoms with Crippen molar-refractivity contribution in [3.8, 4) is 5.75 Å². The Labute approximate surface area is 103 Å². The summed E-state index contributed by atoms with van der Waals surface area (Å²) in [7, 11) is 1.94. The highest BCUT2D eigenvalue weighted by Crippen LogP contribution is 2.52. The third kappa shape index (κ3) is 1.90. The summed E-state index contributed by atoms with van der Waals surface area (Å²) in [5.74, 6) is 2.71. The zero-order chi connectivity index (χ0) is 11.9. The molecule has 2 heteroatoms. The number of benzene rings is 1. The van der Waals surface area contributed by atoms with Gasteiger partial charge in [-0.3, -0.25) is 0 Å². The van der Waals surface area contributed by atoms with Crippen LogP contribution in [0.3, 0.4) is 0 Å². The second-order valence-corrected chi connectivity index (χ2v) is 5.77. The molecule has 0 spiro atoms. The molecule has 3 unspecified atom stereocenters. The number of anilines is 1. The van der Waals surface area contributed by atoms with Crippen molar-refractivity contribution in [1.29, 1.82) is 0 Å². The van der Waals surface area contributed by atoms with Gasteiger partial charge in [-0.25, -0.2) is 0 Å². The van der Waals surface area contributed by atoms with E-state index in [1.54, 1.807) is 0 Å². The predicted octanol–water partition coefficient (Wildman–Crippen LogP) is 3.69. The van der Waals surface area contributed by atoms with E-state index < -0.39 is 0 Å². The lowest BCUT2D eigenvalue weighted by molar-refractivity contribution is 0.0314. The summed E-state index contributed by atoms with van der Waals surface area (Å²) in [4.78, 5) is 0. The van der Waals surface area contributed by atoms with Crippen molar-refractivity contribution in [3.63, 3.8) is 0 Å². The van der Waals surface area contributed by atoms with Gasteiger partial charge in [0.15, 0.2) is 0 Å². The van der Waals surface area contributed by atoms with Gasteiger partial charge >= 0.3 is 0 Å². The molecule has 1 N–H and O–H groups in total. The molecule has 0 heterocycles. The number of fused-ring (bicyclic) bond motifs is 2. The predicted molar refractivity (Wildman–Crippen MR) is 70.5 cm³/mol. The Kier molecular flexibility index (Phi) is 2.53. The molecular formula is C15H21NO. The normalized spacial score (nSPS) is 34.9. The molecule has 0 radical (unpaired) electrons. The first-order valence-electron chi connectivity index (χ1n) is 6.66. The lowest BCUT2D eigenvalue weighted by Crippen LogP contribution is -2.38. The van der Waals surface area contributed by atoms with Crippen molar-refractivity contribution in [3.05, 3.63) is 24.3 Å². The van der Waals surface area contributed by atoms with Crippen LogP contribution < -0.4 is 10.1 Å². The fourth-order valence-electron chi connectivity index (χ4n) is 3.64. The van der Waals surface area contributed by atoms with Crippen LogP contribution in [0.2, 0.25) is 0 Å². The molecule has 3 atom stereocenters. The van der Waals surface area contributed by atoms with Crippen molar-refractivity contribution >= 4 is 5.69 Å². The maximum atomic E-state index is 6.27. The maximum absolute atomic E-state index is 6.27. The Hall–Kier alpha value is -1.18. The quantitative estimate of drug-likeness (QED) is 0.856. The van der Waals surface area contributed by atoms with E-state index in [4.69, 9.17) is 4.74 Å². The van der Waals surface area contributed by atoms with E-state index in [9.17, 15) is 0 Å². The van der Waals surface area contributed by atoms with Gasteiger partial charge in [-0.15, -0.1) is 0 Å². The average molecular weight is 231 g/mol. The number of nitrogens with one attached hydrogen (secondary N) is 1. The summed E-state index contributed by atoms with van der Waals surface area (Å²) in [5, 5.41) is 3.13. The Bertz CT molecular complexity index is 400. The van der Waals surface area contributed by atoms with Crippen LogP contribution in [0.1, 0.15) is 32.6 Å². The van der Waals surface area contributed by atoms with E-state index in [1.807, 2.05) is 7.05 Å². The Morgan fingerprint density at radius 1 is 1.24 bits per heavy atom. The first-order valence-corrected chi connectivity index (χ1v) is 6.66. The van der Waals surface area contributed by atoms with E-state index in [0.717, 1.165) is 23.3 Å². The standard InChI is InChI=1S/C15H21NO/c1-15(10-11-3-4-12(15)9-11)17-14-7-5-13(16-2)6-8-14/h5-8,11-12,16H,3-4,9-10H2,1-2H3. The van der Waals surface area contributed by atoms with Gasteiger partial charge in [0, 0.05) is 12.7 Å². The zero-order valence-corrected chi connectivity index (χ0v) is 10.7. The fourth-order valence-corrected chi connectivity index (χ4v) is 3.64. The average Bonchev–Trinajstić information content (AvgIpc) is 2.89. The third-order valence-electron chi connectivity index (χ3n) is 4.59. The first-order chi connectivity index (χ1) is 8.19. The molecule has 17 heavy (non-hydrogen) atoms. The highest BCUT2D eigenvalue weighted by molar-refractivity contribution is 5.45. The Morgan fingerprint density at radius 2 is 2.00 bits per heavy atom. The van der Waals surface area contributed by atoms with Gasteiger partial charge in [0.25, 0.3) is 0 Å². The van der Waals surface area contributed by atoms with Crippen LogP contribution in [-0.4, -0.2) is 12.6 Å². The van der Waals surface area contributed by atoms with Crippen molar-refractivity contribution in [1.82, 2.24) is 0 Å². The number of hydrogen-bond donors (Lipinski definition) is 1. The monoisotopic (exact) mass is 231 g/mol. The molecule has 2 fully saturated rings. The summed E-state index contributed by atoms with van der Waals surface area (Å²) in [6.45, 7) is 2.29. The lowest BCUT2D eigenvalue weighted by atomic mass is 9.85. The van der Waals surface area contributed by atoms with E-state index in [1.165, 1.54) is 25.7 Å². The largest absolute Gasteiger partial charge is 0.487 e. The maximum Gasteiger partial charge on any atom is 0.120 e. The van der Waals surface area contributed by atoms with E-state index in [-0.39, 0.29) is 5.60 Å². The molecule has 0 aliphatic heterocycles. The van der Waals surface area contributed by atoms with Crippen molar-refractivity contribution in [2.75, 3.05) is 12.4 Å². The van der Waals surface area contributed by atoms with Gasteiger partial charge in [0.05, 0.1) is 0 Å². The minimum atomic E-state index is 0.0874. The highest BCUT2D eigenvalue weighted by Gasteiger charge is 2.49. The van der Waals surface area contributed by atoms with Gasteiger partial charge < -0.3 is 10.1 Å². The van der Waals surface area contributed by atoms with Crippen molar-refractivity contribution in [2.24, 2.45) is 11.8 Å². The fraction of sp³-hybridized carbons (Fsp3) is 0.600. The SMILES string of the molecule is CNc1ccc(OC2(C)CC3CCC2C3)cc1. The lowest BCUT2D eigenvalue weighted by Gasteiger charge is -2.34.